The molecule has 0 saturated heterocycles. The predicted molar refractivity (Wildman–Crippen MR) is 57.1 cm³/mol. The van der Waals surface area contributed by atoms with E-state index in [9.17, 15) is 9.59 Å². The Morgan fingerprint density at radius 2 is 2.13 bits per heavy atom. The van der Waals surface area contributed by atoms with Crippen molar-refractivity contribution in [3.05, 3.63) is 17.0 Å². The maximum atomic E-state index is 11.2. The molecule has 0 atom stereocenters. The van der Waals surface area contributed by atoms with Gasteiger partial charge in [-0.2, -0.15) is 0 Å². The number of carboxylic acids is 1. The van der Waals surface area contributed by atoms with Gasteiger partial charge >= 0.3 is 12.0 Å². The number of thiophene rings is 1. The Morgan fingerprint density at radius 3 is 2.67 bits per heavy atom. The average Bonchev–Trinajstić information content (AvgIpc) is 2.50. The number of hydrogen-bond acceptors (Lipinski definition) is 4. The second-order valence-electron chi connectivity index (χ2n) is 2.93. The van der Waals surface area contributed by atoms with Gasteiger partial charge in [0, 0.05) is 14.1 Å². The molecule has 0 aliphatic carbocycles. The lowest BCUT2D eigenvalue weighted by molar-refractivity contribution is 0.0698. The Labute approximate surface area is 90.5 Å². The van der Waals surface area contributed by atoms with Gasteiger partial charge in [-0.05, 0) is 11.4 Å². The van der Waals surface area contributed by atoms with E-state index in [-0.39, 0.29) is 5.56 Å². The Morgan fingerprint density at radius 1 is 1.47 bits per heavy atom. The Balaban J connectivity index is 2.68. The van der Waals surface area contributed by atoms with Gasteiger partial charge < -0.3 is 5.11 Å². The van der Waals surface area contributed by atoms with Crippen molar-refractivity contribution < 1.29 is 14.7 Å². The van der Waals surface area contributed by atoms with Crippen LogP contribution in [0, 0.1) is 0 Å². The molecule has 0 saturated carbocycles. The Hall–Kier alpha value is -1.60. The summed E-state index contributed by atoms with van der Waals surface area (Å²) in [5.74, 6) is -1.06. The second kappa shape index (κ2) is 4.76. The van der Waals surface area contributed by atoms with Crippen molar-refractivity contribution in [2.45, 2.75) is 0 Å². The Bertz CT molecular complexity index is 375. The summed E-state index contributed by atoms with van der Waals surface area (Å²) in [6.45, 7) is 0. The zero-order chi connectivity index (χ0) is 11.4. The maximum Gasteiger partial charge on any atom is 0.338 e. The van der Waals surface area contributed by atoms with E-state index in [1.165, 1.54) is 11.1 Å². The van der Waals surface area contributed by atoms with Gasteiger partial charge in [0.25, 0.3) is 0 Å². The van der Waals surface area contributed by atoms with Crippen LogP contribution in [0.4, 0.5) is 9.80 Å². The molecular formula is C8H11N3O3S. The summed E-state index contributed by atoms with van der Waals surface area (Å²) in [7, 11) is 3.32. The number of anilines is 1. The number of nitrogens with one attached hydrogen (secondary N) is 2. The van der Waals surface area contributed by atoms with Crippen LogP contribution in [0.3, 0.4) is 0 Å². The van der Waals surface area contributed by atoms with Crippen LogP contribution in [0.1, 0.15) is 10.4 Å². The third-order valence-electron chi connectivity index (χ3n) is 1.45. The zero-order valence-corrected chi connectivity index (χ0v) is 9.09. The molecule has 0 spiro atoms. The van der Waals surface area contributed by atoms with E-state index in [1.807, 2.05) is 0 Å². The van der Waals surface area contributed by atoms with Crippen LogP contribution in [-0.2, 0) is 0 Å². The molecule has 7 heteroatoms. The first-order valence-electron chi connectivity index (χ1n) is 4.06. The van der Waals surface area contributed by atoms with Gasteiger partial charge in [-0.25, -0.2) is 14.6 Å². The molecule has 0 fully saturated rings. The minimum absolute atomic E-state index is 0.0916. The largest absolute Gasteiger partial charge is 0.478 e. The number of hydrazine groups is 1. The summed E-state index contributed by atoms with van der Waals surface area (Å²) in [5, 5.41) is 14.6. The number of amides is 2. The van der Waals surface area contributed by atoms with E-state index < -0.39 is 12.0 Å². The van der Waals surface area contributed by atoms with Crippen LogP contribution >= 0.6 is 11.3 Å². The smallest absolute Gasteiger partial charge is 0.338 e. The third kappa shape index (κ3) is 3.22. The van der Waals surface area contributed by atoms with Gasteiger partial charge in [0.2, 0.25) is 0 Å². The number of rotatable bonds is 3. The number of carbonyl (C=O) groups excluding carboxylic acids is 1. The molecule has 0 aliphatic rings. The average molecular weight is 229 g/mol. The first-order chi connectivity index (χ1) is 7.00. The molecular weight excluding hydrogens is 218 g/mol. The minimum atomic E-state index is -1.06. The van der Waals surface area contributed by atoms with E-state index in [2.05, 4.69) is 10.7 Å². The highest BCUT2D eigenvalue weighted by atomic mass is 32.1. The van der Waals surface area contributed by atoms with Crippen molar-refractivity contribution in [1.82, 2.24) is 10.4 Å². The van der Waals surface area contributed by atoms with Crippen molar-refractivity contribution >= 4 is 28.3 Å². The van der Waals surface area contributed by atoms with Crippen LogP contribution in [0.5, 0.6) is 0 Å². The van der Waals surface area contributed by atoms with Crippen molar-refractivity contribution in [1.29, 1.82) is 0 Å². The number of carboxylic acid groups (broad SMARTS) is 1. The van der Waals surface area contributed by atoms with Crippen molar-refractivity contribution in [2.24, 2.45) is 0 Å². The van der Waals surface area contributed by atoms with Crippen molar-refractivity contribution in [2.75, 3.05) is 19.4 Å². The second-order valence-corrected chi connectivity index (χ2v) is 3.85. The van der Waals surface area contributed by atoms with Gasteiger partial charge in [-0.1, -0.05) is 0 Å². The number of urea groups is 1. The lowest BCUT2D eigenvalue weighted by Crippen LogP contribution is -2.39. The van der Waals surface area contributed by atoms with Crippen LogP contribution in [0.25, 0.3) is 0 Å². The third-order valence-corrected chi connectivity index (χ3v) is 2.28. The molecule has 15 heavy (non-hydrogen) atoms. The first-order valence-corrected chi connectivity index (χ1v) is 4.94. The topological polar surface area (TPSA) is 81.7 Å². The first kappa shape index (κ1) is 11.5. The molecule has 1 aromatic heterocycles. The van der Waals surface area contributed by atoms with Crippen LogP contribution in [0.15, 0.2) is 11.4 Å². The van der Waals surface area contributed by atoms with Gasteiger partial charge in [0.1, 0.15) is 5.00 Å². The fraction of sp³-hybridized carbons (Fsp3) is 0.250. The summed E-state index contributed by atoms with van der Waals surface area (Å²) in [6.07, 6.45) is 0. The normalized spacial score (nSPS) is 10.1. The quantitative estimate of drug-likeness (QED) is 0.676. The highest BCUT2D eigenvalue weighted by molar-refractivity contribution is 7.14. The maximum absolute atomic E-state index is 11.2. The molecule has 0 aliphatic heterocycles. The summed E-state index contributed by atoms with van der Waals surface area (Å²) >= 11 is 1.16. The molecule has 1 rings (SSSR count). The Kier molecular flexibility index (Phi) is 3.64. The van der Waals surface area contributed by atoms with E-state index in [4.69, 9.17) is 5.11 Å². The lowest BCUT2D eigenvalue weighted by atomic mass is 10.3. The highest BCUT2D eigenvalue weighted by Gasteiger charge is 2.13. The zero-order valence-electron chi connectivity index (χ0n) is 8.27. The van der Waals surface area contributed by atoms with E-state index >= 15 is 0 Å². The molecule has 0 radical (unpaired) electrons. The van der Waals surface area contributed by atoms with Gasteiger partial charge in [-0.15, -0.1) is 11.3 Å². The molecule has 0 aromatic carbocycles. The summed E-state index contributed by atoms with van der Waals surface area (Å²) in [4.78, 5) is 22.0. The van der Waals surface area contributed by atoms with E-state index in [0.717, 1.165) is 11.3 Å². The van der Waals surface area contributed by atoms with E-state index in [0.29, 0.717) is 5.00 Å². The minimum Gasteiger partial charge on any atom is -0.478 e. The standard InChI is InChI=1S/C8H11N3O3S/c1-11(2)10-8(14)9-6-5(7(12)13)3-4-15-6/h3-4H,1-2H3,(H,12,13)(H2,9,10,14). The fourth-order valence-electron chi connectivity index (χ4n) is 0.909. The molecule has 1 aromatic rings. The van der Waals surface area contributed by atoms with Crippen molar-refractivity contribution in [3.8, 4) is 0 Å². The fourth-order valence-corrected chi connectivity index (χ4v) is 1.68. The summed E-state index contributed by atoms with van der Waals surface area (Å²) < 4.78 is 0. The summed E-state index contributed by atoms with van der Waals surface area (Å²) in [6, 6.07) is 0.975. The summed E-state index contributed by atoms with van der Waals surface area (Å²) in [5.41, 5.74) is 2.54. The van der Waals surface area contributed by atoms with Crippen LogP contribution in [0.2, 0.25) is 0 Å². The monoisotopic (exact) mass is 229 g/mol. The molecule has 6 nitrogen and oxygen atoms in total. The molecule has 1 heterocycles. The van der Waals surface area contributed by atoms with Crippen molar-refractivity contribution in [3.63, 3.8) is 0 Å². The number of aromatic carboxylic acids is 1. The van der Waals surface area contributed by atoms with Gasteiger partial charge in [-0.3, -0.25) is 10.7 Å². The van der Waals surface area contributed by atoms with Crippen LogP contribution < -0.4 is 10.7 Å². The van der Waals surface area contributed by atoms with Gasteiger partial charge in [0.15, 0.2) is 0 Å². The molecule has 0 bridgehead atoms. The number of nitrogens with zero attached hydrogens (tertiary/aromatic N) is 1. The lowest BCUT2D eigenvalue weighted by Gasteiger charge is -2.12. The molecule has 3 N–H and O–H groups in total. The number of carbonyl (C=O) groups is 2. The van der Waals surface area contributed by atoms with Crippen LogP contribution in [-0.4, -0.2) is 36.2 Å². The molecule has 2 amide bonds. The highest BCUT2D eigenvalue weighted by Crippen LogP contribution is 2.22. The predicted octanol–water partition coefficient (Wildman–Crippen LogP) is 1.04. The SMILES string of the molecule is CN(C)NC(=O)Nc1sccc1C(=O)O. The number of hydrogen-bond donors (Lipinski definition) is 3. The molecule has 82 valence electrons. The molecule has 0 unspecified atom stereocenters. The van der Waals surface area contributed by atoms with E-state index in [1.54, 1.807) is 19.5 Å². The van der Waals surface area contributed by atoms with Gasteiger partial charge in [0.05, 0.1) is 5.56 Å².